The van der Waals surface area contributed by atoms with Crippen molar-refractivity contribution in [2.45, 2.75) is 50.9 Å². The van der Waals surface area contributed by atoms with Gasteiger partial charge >= 0.3 is 0 Å². The molecule has 0 bridgehead atoms. The van der Waals surface area contributed by atoms with Crippen LogP contribution in [0, 0.1) is 0 Å². The van der Waals surface area contributed by atoms with E-state index in [9.17, 15) is 0 Å². The lowest BCUT2D eigenvalue weighted by atomic mass is 9.95. The summed E-state index contributed by atoms with van der Waals surface area (Å²) in [5.74, 6) is 0. The fourth-order valence-corrected chi connectivity index (χ4v) is 3.46. The molecule has 104 valence electrons. The van der Waals surface area contributed by atoms with Crippen molar-refractivity contribution in [3.63, 3.8) is 0 Å². The molecule has 2 aliphatic rings. The van der Waals surface area contributed by atoms with E-state index in [2.05, 4.69) is 28.8 Å². The van der Waals surface area contributed by atoms with Crippen LogP contribution >= 0.6 is 0 Å². The van der Waals surface area contributed by atoms with Gasteiger partial charge in [0.15, 0.2) is 0 Å². The zero-order valence-electron chi connectivity index (χ0n) is 11.7. The lowest BCUT2D eigenvalue weighted by molar-refractivity contribution is 0.0847. The molecule has 3 rings (SSSR count). The molecule has 19 heavy (non-hydrogen) atoms. The molecule has 1 fully saturated rings. The summed E-state index contributed by atoms with van der Waals surface area (Å²) in [4.78, 5) is 0. The van der Waals surface area contributed by atoms with Gasteiger partial charge in [-0.3, -0.25) is 0 Å². The van der Waals surface area contributed by atoms with Gasteiger partial charge in [0.1, 0.15) is 0 Å². The average Bonchev–Trinajstić information content (AvgIpc) is 2.92. The van der Waals surface area contributed by atoms with Crippen LogP contribution in [0.4, 0.5) is 0 Å². The molecule has 0 amide bonds. The Bertz CT molecular complexity index is 433. The van der Waals surface area contributed by atoms with E-state index in [0.717, 1.165) is 26.1 Å². The highest BCUT2D eigenvalue weighted by atomic mass is 16.5. The molecule has 2 atom stereocenters. The molecule has 1 aromatic rings. The maximum atomic E-state index is 5.55. The molecular weight excluding hydrogens is 236 g/mol. The van der Waals surface area contributed by atoms with Crippen LogP contribution in [0.2, 0.25) is 0 Å². The number of fused-ring (bicyclic) bond motifs is 1. The van der Waals surface area contributed by atoms with E-state index in [4.69, 9.17) is 4.74 Å². The highest BCUT2D eigenvalue weighted by molar-refractivity contribution is 5.37. The number of rotatable bonds is 4. The minimum absolute atomic E-state index is 0.404. The summed E-state index contributed by atoms with van der Waals surface area (Å²) >= 11 is 0. The molecule has 2 unspecified atom stereocenters. The normalized spacial score (nSPS) is 26.4. The van der Waals surface area contributed by atoms with E-state index in [1.54, 1.807) is 5.56 Å². The van der Waals surface area contributed by atoms with Crippen molar-refractivity contribution in [3.8, 4) is 0 Å². The third-order valence-corrected chi connectivity index (χ3v) is 4.55. The molecule has 3 heteroatoms. The van der Waals surface area contributed by atoms with Crippen LogP contribution in [0.1, 0.15) is 36.0 Å². The average molecular weight is 260 g/mol. The maximum Gasteiger partial charge on any atom is 0.0724 e. The summed E-state index contributed by atoms with van der Waals surface area (Å²) in [7, 11) is 1.83. The van der Waals surface area contributed by atoms with E-state index in [0.29, 0.717) is 12.1 Å². The summed E-state index contributed by atoms with van der Waals surface area (Å²) in [6, 6.07) is 7.24. The van der Waals surface area contributed by atoms with Gasteiger partial charge in [-0.1, -0.05) is 18.2 Å². The summed E-state index contributed by atoms with van der Waals surface area (Å²) in [5.41, 5.74) is 4.50. The molecule has 1 aromatic carbocycles. The Morgan fingerprint density at radius 3 is 3.21 bits per heavy atom. The number of hydrogen-bond donors (Lipinski definition) is 2. The molecule has 1 heterocycles. The van der Waals surface area contributed by atoms with Gasteiger partial charge in [-0.25, -0.2) is 0 Å². The summed E-state index contributed by atoms with van der Waals surface area (Å²) < 4.78 is 5.55. The lowest BCUT2D eigenvalue weighted by Crippen LogP contribution is -2.36. The van der Waals surface area contributed by atoms with Crippen LogP contribution < -0.4 is 10.6 Å². The highest BCUT2D eigenvalue weighted by Crippen LogP contribution is 2.23. The zero-order chi connectivity index (χ0) is 13.1. The Morgan fingerprint density at radius 2 is 2.32 bits per heavy atom. The van der Waals surface area contributed by atoms with Gasteiger partial charge in [0.25, 0.3) is 0 Å². The molecule has 2 N–H and O–H groups in total. The topological polar surface area (TPSA) is 33.3 Å². The molecule has 1 aliphatic heterocycles. The van der Waals surface area contributed by atoms with E-state index >= 15 is 0 Å². The van der Waals surface area contributed by atoms with E-state index in [1.807, 2.05) is 7.11 Å². The quantitative estimate of drug-likeness (QED) is 0.868. The van der Waals surface area contributed by atoms with Crippen LogP contribution in [0.5, 0.6) is 0 Å². The second kappa shape index (κ2) is 6.04. The van der Waals surface area contributed by atoms with Crippen molar-refractivity contribution in [1.82, 2.24) is 10.6 Å². The lowest BCUT2D eigenvalue weighted by Gasteiger charge is -2.23. The van der Waals surface area contributed by atoms with Gasteiger partial charge in [-0.05, 0) is 48.9 Å². The summed E-state index contributed by atoms with van der Waals surface area (Å²) in [6.45, 7) is 3.11. The molecule has 0 spiro atoms. The number of ether oxygens (including phenoxy) is 1. The Balaban J connectivity index is 1.67. The maximum absolute atomic E-state index is 5.55. The molecule has 1 aliphatic carbocycles. The Morgan fingerprint density at radius 1 is 1.37 bits per heavy atom. The van der Waals surface area contributed by atoms with Gasteiger partial charge in [0.2, 0.25) is 0 Å². The fraction of sp³-hybridized carbons (Fsp3) is 0.625. The second-order valence-electron chi connectivity index (χ2n) is 5.67. The van der Waals surface area contributed by atoms with Gasteiger partial charge < -0.3 is 15.4 Å². The first kappa shape index (κ1) is 13.1. The van der Waals surface area contributed by atoms with Crippen LogP contribution in [0.15, 0.2) is 18.2 Å². The van der Waals surface area contributed by atoms with Gasteiger partial charge in [-0.15, -0.1) is 0 Å². The van der Waals surface area contributed by atoms with E-state index < -0.39 is 0 Å². The minimum Gasteiger partial charge on any atom is -0.380 e. The molecule has 0 radical (unpaired) electrons. The highest BCUT2D eigenvalue weighted by Gasteiger charge is 2.26. The number of hydrogen-bond acceptors (Lipinski definition) is 3. The van der Waals surface area contributed by atoms with Crippen LogP contribution in [-0.4, -0.2) is 25.8 Å². The second-order valence-corrected chi connectivity index (χ2v) is 5.67. The van der Waals surface area contributed by atoms with Gasteiger partial charge in [0, 0.05) is 26.2 Å². The number of benzene rings is 1. The van der Waals surface area contributed by atoms with Crippen molar-refractivity contribution in [2.75, 3.05) is 13.7 Å². The molecule has 3 nitrogen and oxygen atoms in total. The minimum atomic E-state index is 0.404. The third-order valence-electron chi connectivity index (χ3n) is 4.55. The van der Waals surface area contributed by atoms with Gasteiger partial charge in [-0.2, -0.15) is 0 Å². The Kier molecular flexibility index (Phi) is 4.16. The summed E-state index contributed by atoms with van der Waals surface area (Å²) in [6.07, 6.45) is 5.29. The first-order valence-corrected chi connectivity index (χ1v) is 7.45. The third kappa shape index (κ3) is 2.83. The Labute approximate surface area is 115 Å². The zero-order valence-corrected chi connectivity index (χ0v) is 11.7. The SMILES string of the molecule is COC1CCCC1NCc1cccc2c1CCNC2. The Hall–Kier alpha value is -0.900. The molecule has 1 saturated carbocycles. The van der Waals surface area contributed by atoms with Crippen LogP contribution in [0.3, 0.4) is 0 Å². The molecular formula is C16H24N2O. The van der Waals surface area contributed by atoms with E-state index in [-0.39, 0.29) is 0 Å². The fourth-order valence-electron chi connectivity index (χ4n) is 3.46. The standard InChI is InChI=1S/C16H24N2O/c1-19-16-7-3-6-15(16)18-11-13-5-2-4-12-10-17-9-8-14(12)13/h2,4-5,15-18H,3,6-11H2,1H3. The van der Waals surface area contributed by atoms with Crippen molar-refractivity contribution < 1.29 is 4.74 Å². The molecule has 0 aromatic heterocycles. The monoisotopic (exact) mass is 260 g/mol. The predicted octanol–water partition coefficient (Wildman–Crippen LogP) is 1.99. The smallest absolute Gasteiger partial charge is 0.0724 e. The van der Waals surface area contributed by atoms with Crippen molar-refractivity contribution in [1.29, 1.82) is 0 Å². The summed E-state index contributed by atoms with van der Waals surface area (Å²) in [5, 5.41) is 7.14. The van der Waals surface area contributed by atoms with Gasteiger partial charge in [0.05, 0.1) is 6.10 Å². The van der Waals surface area contributed by atoms with Crippen LogP contribution in [0.25, 0.3) is 0 Å². The first-order chi connectivity index (χ1) is 9.38. The number of nitrogens with one attached hydrogen (secondary N) is 2. The van der Waals surface area contributed by atoms with Crippen molar-refractivity contribution in [2.24, 2.45) is 0 Å². The number of methoxy groups -OCH3 is 1. The first-order valence-electron chi connectivity index (χ1n) is 7.45. The van der Waals surface area contributed by atoms with E-state index in [1.165, 1.54) is 30.4 Å². The van der Waals surface area contributed by atoms with Crippen molar-refractivity contribution >= 4 is 0 Å². The van der Waals surface area contributed by atoms with Crippen molar-refractivity contribution in [3.05, 3.63) is 34.9 Å². The molecule has 0 saturated heterocycles. The van der Waals surface area contributed by atoms with Crippen LogP contribution in [-0.2, 0) is 24.2 Å². The predicted molar refractivity (Wildman–Crippen MR) is 77.1 cm³/mol. The largest absolute Gasteiger partial charge is 0.380 e.